The minimum atomic E-state index is -0.224. The molecule has 0 fully saturated rings. The lowest BCUT2D eigenvalue weighted by Gasteiger charge is -2.10. The number of benzene rings is 1. The van der Waals surface area contributed by atoms with Crippen molar-refractivity contribution in [2.45, 2.75) is 27.3 Å². The zero-order valence-electron chi connectivity index (χ0n) is 13.6. The quantitative estimate of drug-likeness (QED) is 0.873. The molecular weight excluding hydrogens is 294 g/mol. The van der Waals surface area contributed by atoms with Crippen molar-refractivity contribution in [2.24, 2.45) is 0 Å². The summed E-state index contributed by atoms with van der Waals surface area (Å²) < 4.78 is 6.95. The Morgan fingerprint density at radius 2 is 1.91 bits per heavy atom. The van der Waals surface area contributed by atoms with Gasteiger partial charge in [-0.3, -0.25) is 14.2 Å². The van der Waals surface area contributed by atoms with Crippen LogP contribution in [0.25, 0.3) is 0 Å². The van der Waals surface area contributed by atoms with E-state index in [-0.39, 0.29) is 18.1 Å². The lowest BCUT2D eigenvalue weighted by Crippen LogP contribution is -2.34. The fraction of sp³-hybridized carbons (Fsp3) is 0.353. The molecule has 2 rings (SSSR count). The Labute approximate surface area is 135 Å². The number of nitrogens with zero attached hydrogens (tertiary/aromatic N) is 2. The molecule has 0 saturated carbocycles. The molecule has 0 bridgehead atoms. The number of amides is 1. The molecule has 0 unspecified atom stereocenters. The van der Waals surface area contributed by atoms with Gasteiger partial charge in [-0.05, 0) is 44.0 Å². The number of nitrogens with one attached hydrogen (secondary N) is 1. The van der Waals surface area contributed by atoms with Crippen molar-refractivity contribution in [1.29, 1.82) is 0 Å². The first-order valence-electron chi connectivity index (χ1n) is 7.44. The summed E-state index contributed by atoms with van der Waals surface area (Å²) in [5.74, 6) is 0.453. The van der Waals surface area contributed by atoms with Crippen molar-refractivity contribution >= 4 is 5.91 Å². The Bertz CT molecular complexity index is 733. The van der Waals surface area contributed by atoms with Crippen molar-refractivity contribution in [1.82, 2.24) is 14.9 Å². The molecule has 1 amide bonds. The van der Waals surface area contributed by atoms with Gasteiger partial charge in [0.1, 0.15) is 5.75 Å². The monoisotopic (exact) mass is 315 g/mol. The van der Waals surface area contributed by atoms with Crippen LogP contribution < -0.4 is 15.6 Å². The van der Waals surface area contributed by atoms with Crippen LogP contribution in [-0.2, 0) is 11.3 Å². The summed E-state index contributed by atoms with van der Waals surface area (Å²) in [6.07, 6.45) is 2.99. The third kappa shape index (κ3) is 4.95. The van der Waals surface area contributed by atoms with Gasteiger partial charge < -0.3 is 10.1 Å². The van der Waals surface area contributed by atoms with Crippen LogP contribution in [0.15, 0.2) is 35.5 Å². The van der Waals surface area contributed by atoms with E-state index in [2.05, 4.69) is 10.3 Å². The van der Waals surface area contributed by atoms with E-state index in [4.69, 9.17) is 4.74 Å². The Kier molecular flexibility index (Phi) is 5.51. The van der Waals surface area contributed by atoms with Crippen LogP contribution in [0.1, 0.15) is 16.7 Å². The van der Waals surface area contributed by atoms with E-state index in [1.807, 2.05) is 32.0 Å². The predicted octanol–water partition coefficient (Wildman–Crippen LogP) is 1.36. The van der Waals surface area contributed by atoms with Crippen molar-refractivity contribution in [2.75, 3.05) is 13.2 Å². The SMILES string of the molecule is Cc1cc(C)cc(OCC(=O)NCCn2cncc(C)c2=O)c1. The van der Waals surface area contributed by atoms with E-state index in [0.29, 0.717) is 24.4 Å². The van der Waals surface area contributed by atoms with Crippen LogP contribution in [0.3, 0.4) is 0 Å². The average Bonchev–Trinajstić information content (AvgIpc) is 2.48. The zero-order valence-corrected chi connectivity index (χ0v) is 13.6. The van der Waals surface area contributed by atoms with Crippen LogP contribution in [0, 0.1) is 20.8 Å². The van der Waals surface area contributed by atoms with Crippen LogP contribution in [0.4, 0.5) is 0 Å². The average molecular weight is 315 g/mol. The predicted molar refractivity (Wildman–Crippen MR) is 87.7 cm³/mol. The first-order chi connectivity index (χ1) is 11.0. The topological polar surface area (TPSA) is 73.2 Å². The Balaban J connectivity index is 1.79. The zero-order chi connectivity index (χ0) is 16.8. The number of hydrogen-bond acceptors (Lipinski definition) is 4. The maximum atomic E-state index is 11.8. The van der Waals surface area contributed by atoms with E-state index in [1.54, 1.807) is 6.92 Å². The molecule has 6 heteroatoms. The molecule has 0 spiro atoms. The molecule has 0 radical (unpaired) electrons. The van der Waals surface area contributed by atoms with Crippen LogP contribution in [0.2, 0.25) is 0 Å². The molecule has 0 atom stereocenters. The fourth-order valence-corrected chi connectivity index (χ4v) is 2.25. The summed E-state index contributed by atoms with van der Waals surface area (Å²) >= 11 is 0. The Morgan fingerprint density at radius 3 is 2.61 bits per heavy atom. The molecule has 1 N–H and O–H groups in total. The Morgan fingerprint density at radius 1 is 1.22 bits per heavy atom. The van der Waals surface area contributed by atoms with Crippen LogP contribution in [-0.4, -0.2) is 28.6 Å². The van der Waals surface area contributed by atoms with Gasteiger partial charge in [-0.1, -0.05) is 6.07 Å². The van der Waals surface area contributed by atoms with Gasteiger partial charge in [-0.15, -0.1) is 0 Å². The minimum absolute atomic E-state index is 0.0517. The molecule has 6 nitrogen and oxygen atoms in total. The second-order valence-corrected chi connectivity index (χ2v) is 5.54. The van der Waals surface area contributed by atoms with Crippen LogP contribution >= 0.6 is 0 Å². The van der Waals surface area contributed by atoms with Gasteiger partial charge in [0.25, 0.3) is 11.5 Å². The molecule has 0 aliphatic carbocycles. The van der Waals surface area contributed by atoms with Gasteiger partial charge in [0.05, 0.1) is 6.33 Å². The van der Waals surface area contributed by atoms with E-state index in [9.17, 15) is 9.59 Å². The molecular formula is C17H21N3O3. The molecule has 0 saturated heterocycles. The molecule has 1 aromatic carbocycles. The number of aromatic nitrogens is 2. The summed E-state index contributed by atoms with van der Waals surface area (Å²) in [5, 5.41) is 2.73. The highest BCUT2D eigenvalue weighted by Crippen LogP contribution is 2.15. The van der Waals surface area contributed by atoms with Gasteiger partial charge >= 0.3 is 0 Å². The summed E-state index contributed by atoms with van der Waals surface area (Å²) in [6, 6.07) is 5.82. The summed E-state index contributed by atoms with van der Waals surface area (Å²) in [7, 11) is 0. The minimum Gasteiger partial charge on any atom is -0.484 e. The van der Waals surface area contributed by atoms with Crippen molar-refractivity contribution in [3.8, 4) is 5.75 Å². The maximum Gasteiger partial charge on any atom is 0.258 e. The first kappa shape index (κ1) is 16.7. The lowest BCUT2D eigenvalue weighted by atomic mass is 10.1. The number of ether oxygens (including phenoxy) is 1. The summed E-state index contributed by atoms with van der Waals surface area (Å²) in [6.45, 7) is 6.34. The first-order valence-corrected chi connectivity index (χ1v) is 7.44. The highest BCUT2D eigenvalue weighted by atomic mass is 16.5. The number of aryl methyl sites for hydroxylation is 3. The van der Waals surface area contributed by atoms with Crippen molar-refractivity contribution < 1.29 is 9.53 Å². The number of hydrogen-bond donors (Lipinski definition) is 1. The normalized spacial score (nSPS) is 10.4. The molecule has 1 heterocycles. The van der Waals surface area contributed by atoms with Gasteiger partial charge in [0, 0.05) is 24.8 Å². The fourth-order valence-electron chi connectivity index (χ4n) is 2.25. The number of rotatable bonds is 6. The second kappa shape index (κ2) is 7.58. The molecule has 23 heavy (non-hydrogen) atoms. The van der Waals surface area contributed by atoms with E-state index in [0.717, 1.165) is 11.1 Å². The van der Waals surface area contributed by atoms with Gasteiger partial charge in [-0.25, -0.2) is 4.98 Å². The van der Waals surface area contributed by atoms with Crippen LogP contribution in [0.5, 0.6) is 5.75 Å². The molecule has 0 aliphatic heterocycles. The largest absolute Gasteiger partial charge is 0.484 e. The van der Waals surface area contributed by atoms with Crippen molar-refractivity contribution in [3.05, 3.63) is 57.8 Å². The van der Waals surface area contributed by atoms with Gasteiger partial charge in [-0.2, -0.15) is 0 Å². The number of carbonyl (C=O) groups excluding carboxylic acids is 1. The van der Waals surface area contributed by atoms with E-state index in [1.165, 1.54) is 17.1 Å². The molecule has 1 aromatic heterocycles. The molecule has 0 aliphatic rings. The van der Waals surface area contributed by atoms with E-state index < -0.39 is 0 Å². The smallest absolute Gasteiger partial charge is 0.258 e. The van der Waals surface area contributed by atoms with E-state index >= 15 is 0 Å². The van der Waals surface area contributed by atoms with Gasteiger partial charge in [0.15, 0.2) is 6.61 Å². The van der Waals surface area contributed by atoms with Crippen molar-refractivity contribution in [3.63, 3.8) is 0 Å². The molecule has 2 aromatic rings. The molecule has 122 valence electrons. The lowest BCUT2D eigenvalue weighted by molar-refractivity contribution is -0.123. The third-order valence-electron chi connectivity index (χ3n) is 3.31. The highest BCUT2D eigenvalue weighted by Gasteiger charge is 2.04. The highest BCUT2D eigenvalue weighted by molar-refractivity contribution is 5.77. The number of carbonyl (C=O) groups is 1. The maximum absolute atomic E-state index is 11.8. The standard InChI is InChI=1S/C17H21N3O3/c1-12-6-13(2)8-15(7-12)23-10-16(21)19-4-5-20-11-18-9-14(3)17(20)22/h6-9,11H,4-5,10H2,1-3H3,(H,19,21). The van der Waals surface area contributed by atoms with Gasteiger partial charge in [0.2, 0.25) is 0 Å². The third-order valence-corrected chi connectivity index (χ3v) is 3.31. The summed E-state index contributed by atoms with van der Waals surface area (Å²) in [4.78, 5) is 27.6. The summed E-state index contributed by atoms with van der Waals surface area (Å²) in [5.41, 5.74) is 2.66. The second-order valence-electron chi connectivity index (χ2n) is 5.54. The Hall–Kier alpha value is -2.63.